The van der Waals surface area contributed by atoms with Crippen molar-refractivity contribution in [2.75, 3.05) is 19.6 Å². The van der Waals surface area contributed by atoms with Crippen molar-refractivity contribution >= 4 is 15.9 Å². The highest BCUT2D eigenvalue weighted by atomic mass is 32.2. The van der Waals surface area contributed by atoms with Crippen LogP contribution in [0.25, 0.3) is 16.9 Å². The van der Waals surface area contributed by atoms with Gasteiger partial charge in [-0.3, -0.25) is 9.59 Å². The number of nitrogens with zero attached hydrogens (tertiary/aromatic N) is 4. The third kappa shape index (κ3) is 4.80. The number of sulfonamides is 1. The van der Waals surface area contributed by atoms with Gasteiger partial charge in [0.05, 0.1) is 10.6 Å². The molecule has 180 valence electrons. The van der Waals surface area contributed by atoms with Gasteiger partial charge >= 0.3 is 0 Å². The van der Waals surface area contributed by atoms with Crippen LogP contribution in [-0.2, 0) is 14.8 Å². The summed E-state index contributed by atoms with van der Waals surface area (Å²) in [5, 5.41) is 8.31. The number of aryl methyl sites for hydroxylation is 3. The highest BCUT2D eigenvalue weighted by Crippen LogP contribution is 2.24. The minimum atomic E-state index is -3.78. The minimum absolute atomic E-state index is 0.122. The third-order valence-electron chi connectivity index (χ3n) is 5.85. The summed E-state index contributed by atoms with van der Waals surface area (Å²) < 4.78 is 35.0. The first-order valence-corrected chi connectivity index (χ1v) is 12.6. The number of rotatable bonds is 8. The Hall–Kier alpha value is -3.31. The van der Waals surface area contributed by atoms with Crippen molar-refractivity contribution in [2.45, 2.75) is 44.9 Å². The number of hydrogen-bond donors (Lipinski definition) is 1. The molecule has 1 aliphatic rings. The second kappa shape index (κ2) is 9.51. The van der Waals surface area contributed by atoms with Gasteiger partial charge in [0.15, 0.2) is 5.76 Å². The molecule has 1 N–H and O–H groups in total. The van der Waals surface area contributed by atoms with Crippen LogP contribution in [0.1, 0.15) is 36.3 Å². The molecule has 0 saturated carbocycles. The van der Waals surface area contributed by atoms with Gasteiger partial charge < -0.3 is 9.42 Å². The molecule has 1 aromatic carbocycles. The van der Waals surface area contributed by atoms with Crippen LogP contribution in [0, 0.1) is 20.8 Å². The standard InChI is InChI=1S/C23H27N5O5S/c1-15-7-8-18(19-9-10-22(30)28(25-19)23-16(2)26-33-17(23)3)14-20(15)34(31,32)24-11-5-13-27-12-4-6-21(27)29/h7-10,14,24H,4-6,11-13H2,1-3H3. The van der Waals surface area contributed by atoms with Gasteiger partial charge in [-0.2, -0.15) is 9.78 Å². The Balaban J connectivity index is 1.57. The molecule has 0 bridgehead atoms. The molecule has 1 saturated heterocycles. The normalized spacial score (nSPS) is 14.2. The van der Waals surface area contributed by atoms with E-state index in [1.54, 1.807) is 49.9 Å². The van der Waals surface area contributed by atoms with Crippen molar-refractivity contribution in [3.63, 3.8) is 0 Å². The Morgan fingerprint density at radius 2 is 1.91 bits per heavy atom. The molecule has 1 fully saturated rings. The second-order valence-corrected chi connectivity index (χ2v) is 10.1. The van der Waals surface area contributed by atoms with E-state index in [2.05, 4.69) is 15.0 Å². The fraction of sp³-hybridized carbons (Fsp3) is 0.391. The number of likely N-dealkylation sites (tertiary alicyclic amines) is 1. The lowest BCUT2D eigenvalue weighted by molar-refractivity contribution is -0.127. The first kappa shape index (κ1) is 23.8. The van der Waals surface area contributed by atoms with Crippen LogP contribution in [0.2, 0.25) is 0 Å². The second-order valence-electron chi connectivity index (χ2n) is 8.36. The fourth-order valence-electron chi connectivity index (χ4n) is 4.05. The zero-order chi connectivity index (χ0) is 24.5. The molecule has 11 heteroatoms. The van der Waals surface area contributed by atoms with Crippen molar-refractivity contribution in [1.82, 2.24) is 24.6 Å². The first-order chi connectivity index (χ1) is 16.2. The SMILES string of the molecule is Cc1ccc(-c2ccc(=O)n(-c3c(C)noc3C)n2)cc1S(=O)(=O)NCCCN1CCCC1=O. The van der Waals surface area contributed by atoms with Crippen molar-refractivity contribution in [1.29, 1.82) is 0 Å². The highest BCUT2D eigenvalue weighted by Gasteiger charge is 2.21. The van der Waals surface area contributed by atoms with E-state index in [9.17, 15) is 18.0 Å². The van der Waals surface area contributed by atoms with E-state index in [4.69, 9.17) is 4.52 Å². The predicted octanol–water partition coefficient (Wildman–Crippen LogP) is 2.10. The Kier molecular flexibility index (Phi) is 6.67. The molecular weight excluding hydrogens is 458 g/mol. The molecule has 3 aromatic rings. The number of amides is 1. The molecule has 10 nitrogen and oxygen atoms in total. The molecule has 1 amide bonds. The number of hydrogen-bond acceptors (Lipinski definition) is 7. The average molecular weight is 486 g/mol. The molecular formula is C23H27N5O5S. The maximum absolute atomic E-state index is 13.0. The highest BCUT2D eigenvalue weighted by molar-refractivity contribution is 7.89. The van der Waals surface area contributed by atoms with Gasteiger partial charge in [0.2, 0.25) is 15.9 Å². The quantitative estimate of drug-likeness (QED) is 0.484. The smallest absolute Gasteiger partial charge is 0.271 e. The molecule has 0 radical (unpaired) electrons. The summed E-state index contributed by atoms with van der Waals surface area (Å²) in [6, 6.07) is 7.95. The Morgan fingerprint density at radius 1 is 1.12 bits per heavy atom. The van der Waals surface area contributed by atoms with Crippen LogP contribution in [0.4, 0.5) is 0 Å². The van der Waals surface area contributed by atoms with Gasteiger partial charge in [0, 0.05) is 37.7 Å². The van der Waals surface area contributed by atoms with Gasteiger partial charge in [-0.05, 0) is 51.3 Å². The number of carbonyl (C=O) groups excluding carboxylic acids is 1. The van der Waals surface area contributed by atoms with Gasteiger partial charge in [0.1, 0.15) is 11.4 Å². The van der Waals surface area contributed by atoms with Crippen LogP contribution in [0.15, 0.2) is 44.5 Å². The fourth-order valence-corrected chi connectivity index (χ4v) is 5.39. The largest absolute Gasteiger partial charge is 0.359 e. The predicted molar refractivity (Wildman–Crippen MR) is 125 cm³/mol. The number of aromatic nitrogens is 3. The molecule has 4 rings (SSSR count). The van der Waals surface area contributed by atoms with Crippen LogP contribution >= 0.6 is 0 Å². The Morgan fingerprint density at radius 3 is 2.59 bits per heavy atom. The number of carbonyl (C=O) groups is 1. The first-order valence-electron chi connectivity index (χ1n) is 11.1. The van der Waals surface area contributed by atoms with Crippen molar-refractivity contribution in [2.24, 2.45) is 0 Å². The van der Waals surface area contributed by atoms with Crippen molar-refractivity contribution < 1.29 is 17.7 Å². The van der Waals surface area contributed by atoms with E-state index in [1.165, 1.54) is 10.7 Å². The zero-order valence-corrected chi connectivity index (χ0v) is 20.2. The molecule has 0 aliphatic carbocycles. The van der Waals surface area contributed by atoms with Crippen molar-refractivity contribution in [3.8, 4) is 16.9 Å². The van der Waals surface area contributed by atoms with Crippen LogP contribution in [0.5, 0.6) is 0 Å². The lowest BCUT2D eigenvalue weighted by Gasteiger charge is -2.16. The molecule has 0 atom stereocenters. The lowest BCUT2D eigenvalue weighted by atomic mass is 10.1. The average Bonchev–Trinajstić information content (AvgIpc) is 3.36. The van der Waals surface area contributed by atoms with Crippen LogP contribution < -0.4 is 10.3 Å². The molecule has 0 spiro atoms. The van der Waals surface area contributed by atoms with E-state index in [0.29, 0.717) is 53.3 Å². The van der Waals surface area contributed by atoms with Crippen LogP contribution in [0.3, 0.4) is 0 Å². The topological polar surface area (TPSA) is 127 Å². The molecule has 2 aromatic heterocycles. The summed E-state index contributed by atoms with van der Waals surface area (Å²) in [6.07, 6.45) is 1.96. The Bertz CT molecular complexity index is 1370. The number of benzene rings is 1. The van der Waals surface area contributed by atoms with E-state index in [-0.39, 0.29) is 22.9 Å². The summed E-state index contributed by atoms with van der Waals surface area (Å²) in [4.78, 5) is 26.1. The summed E-state index contributed by atoms with van der Waals surface area (Å²) in [5.41, 5.74) is 2.21. The zero-order valence-electron chi connectivity index (χ0n) is 19.4. The van der Waals surface area contributed by atoms with Gasteiger partial charge in [-0.15, -0.1) is 0 Å². The molecule has 34 heavy (non-hydrogen) atoms. The molecule has 1 aliphatic heterocycles. The van der Waals surface area contributed by atoms with Gasteiger partial charge in [-0.25, -0.2) is 13.1 Å². The van der Waals surface area contributed by atoms with Gasteiger partial charge in [0.25, 0.3) is 5.56 Å². The Labute approximate surface area is 197 Å². The summed E-state index contributed by atoms with van der Waals surface area (Å²) >= 11 is 0. The maximum Gasteiger partial charge on any atom is 0.271 e. The molecule has 3 heterocycles. The van der Waals surface area contributed by atoms with E-state index in [0.717, 1.165) is 13.0 Å². The van der Waals surface area contributed by atoms with Gasteiger partial charge in [-0.1, -0.05) is 17.3 Å². The summed E-state index contributed by atoms with van der Waals surface area (Å²) in [6.45, 7) is 6.63. The molecule has 0 unspecified atom stereocenters. The van der Waals surface area contributed by atoms with E-state index >= 15 is 0 Å². The summed E-state index contributed by atoms with van der Waals surface area (Å²) in [7, 11) is -3.78. The maximum atomic E-state index is 13.0. The van der Waals surface area contributed by atoms with E-state index in [1.807, 2.05) is 0 Å². The van der Waals surface area contributed by atoms with Crippen molar-refractivity contribution in [3.05, 3.63) is 57.7 Å². The summed E-state index contributed by atoms with van der Waals surface area (Å²) in [5.74, 6) is 0.577. The van der Waals surface area contributed by atoms with Crippen LogP contribution in [-0.4, -0.2) is 53.8 Å². The minimum Gasteiger partial charge on any atom is -0.359 e. The van der Waals surface area contributed by atoms with E-state index < -0.39 is 10.0 Å². The monoisotopic (exact) mass is 485 g/mol. The number of nitrogens with one attached hydrogen (secondary N) is 1. The lowest BCUT2D eigenvalue weighted by Crippen LogP contribution is -2.31. The third-order valence-corrected chi connectivity index (χ3v) is 7.45.